The Balaban J connectivity index is 2.54. The number of rotatable bonds is 6. The smallest absolute Gasteiger partial charge is 0.140 e. The molecule has 4 heteroatoms. The SMILES string of the molecule is CCCCC(CN)Nc1ncccc1Br. The molecular formula is C11H18BrN3. The van der Waals surface area contributed by atoms with Crippen LogP contribution in [0.2, 0.25) is 0 Å². The molecule has 0 aliphatic heterocycles. The second-order valence-electron chi connectivity index (χ2n) is 3.55. The molecule has 0 aromatic carbocycles. The van der Waals surface area contributed by atoms with E-state index in [0.717, 1.165) is 16.7 Å². The summed E-state index contributed by atoms with van der Waals surface area (Å²) in [5.74, 6) is 0.879. The molecule has 1 aromatic heterocycles. The van der Waals surface area contributed by atoms with Crippen molar-refractivity contribution in [2.45, 2.75) is 32.2 Å². The maximum Gasteiger partial charge on any atom is 0.140 e. The molecule has 0 aliphatic rings. The van der Waals surface area contributed by atoms with Crippen molar-refractivity contribution in [3.63, 3.8) is 0 Å². The molecule has 0 fully saturated rings. The van der Waals surface area contributed by atoms with Crippen LogP contribution in [-0.2, 0) is 0 Å². The highest BCUT2D eigenvalue weighted by atomic mass is 79.9. The third kappa shape index (κ3) is 4.18. The van der Waals surface area contributed by atoms with Crippen molar-refractivity contribution >= 4 is 21.7 Å². The van der Waals surface area contributed by atoms with E-state index in [0.29, 0.717) is 12.6 Å². The van der Waals surface area contributed by atoms with Crippen LogP contribution in [0.5, 0.6) is 0 Å². The lowest BCUT2D eigenvalue weighted by molar-refractivity contribution is 0.612. The molecule has 1 aromatic rings. The Bertz CT molecular complexity index is 291. The van der Waals surface area contributed by atoms with Gasteiger partial charge in [0.15, 0.2) is 0 Å². The molecule has 1 rings (SSSR count). The topological polar surface area (TPSA) is 50.9 Å². The Hall–Kier alpha value is -0.610. The van der Waals surface area contributed by atoms with Gasteiger partial charge in [-0.2, -0.15) is 0 Å². The van der Waals surface area contributed by atoms with E-state index in [4.69, 9.17) is 5.73 Å². The quantitative estimate of drug-likeness (QED) is 0.837. The number of halogens is 1. The molecule has 84 valence electrons. The lowest BCUT2D eigenvalue weighted by Gasteiger charge is -2.17. The number of nitrogens with one attached hydrogen (secondary N) is 1. The van der Waals surface area contributed by atoms with Crippen molar-refractivity contribution < 1.29 is 0 Å². The van der Waals surface area contributed by atoms with Gasteiger partial charge in [-0.3, -0.25) is 0 Å². The van der Waals surface area contributed by atoms with E-state index in [9.17, 15) is 0 Å². The first-order chi connectivity index (χ1) is 7.27. The molecule has 1 heterocycles. The van der Waals surface area contributed by atoms with E-state index in [-0.39, 0.29) is 0 Å². The van der Waals surface area contributed by atoms with Crippen molar-refractivity contribution in [1.82, 2.24) is 4.98 Å². The average Bonchev–Trinajstić information content (AvgIpc) is 2.26. The van der Waals surface area contributed by atoms with Crippen molar-refractivity contribution in [2.24, 2.45) is 5.73 Å². The molecule has 1 atom stereocenters. The van der Waals surface area contributed by atoms with Gasteiger partial charge < -0.3 is 11.1 Å². The summed E-state index contributed by atoms with van der Waals surface area (Å²) in [6, 6.07) is 4.19. The monoisotopic (exact) mass is 271 g/mol. The van der Waals surface area contributed by atoms with E-state index in [2.05, 4.69) is 33.2 Å². The molecule has 0 radical (unpaired) electrons. The van der Waals surface area contributed by atoms with Crippen molar-refractivity contribution in [3.05, 3.63) is 22.8 Å². The summed E-state index contributed by atoms with van der Waals surface area (Å²) in [6.07, 6.45) is 5.26. The van der Waals surface area contributed by atoms with Crippen LogP contribution in [0, 0.1) is 0 Å². The zero-order valence-corrected chi connectivity index (χ0v) is 10.6. The number of nitrogens with two attached hydrogens (primary N) is 1. The van der Waals surface area contributed by atoms with Crippen LogP contribution in [0.3, 0.4) is 0 Å². The number of hydrogen-bond acceptors (Lipinski definition) is 3. The molecule has 0 spiro atoms. The van der Waals surface area contributed by atoms with Gasteiger partial charge in [0.05, 0.1) is 4.47 Å². The van der Waals surface area contributed by atoms with E-state index in [1.165, 1.54) is 12.8 Å². The molecule has 0 bridgehead atoms. The van der Waals surface area contributed by atoms with Crippen molar-refractivity contribution in [2.75, 3.05) is 11.9 Å². The van der Waals surface area contributed by atoms with Crippen LogP contribution in [0.1, 0.15) is 26.2 Å². The first kappa shape index (κ1) is 12.5. The number of pyridine rings is 1. The summed E-state index contributed by atoms with van der Waals surface area (Å²) < 4.78 is 0.986. The number of aromatic nitrogens is 1. The molecule has 15 heavy (non-hydrogen) atoms. The molecular weight excluding hydrogens is 254 g/mol. The Morgan fingerprint density at radius 2 is 2.40 bits per heavy atom. The summed E-state index contributed by atoms with van der Waals surface area (Å²) in [6.45, 7) is 2.83. The van der Waals surface area contributed by atoms with Crippen LogP contribution in [0.4, 0.5) is 5.82 Å². The van der Waals surface area contributed by atoms with Crippen LogP contribution in [-0.4, -0.2) is 17.6 Å². The van der Waals surface area contributed by atoms with Crippen molar-refractivity contribution in [1.29, 1.82) is 0 Å². The number of hydrogen-bond donors (Lipinski definition) is 2. The van der Waals surface area contributed by atoms with Gasteiger partial charge in [-0.15, -0.1) is 0 Å². The first-order valence-electron chi connectivity index (χ1n) is 5.35. The van der Waals surface area contributed by atoms with E-state index in [1.54, 1.807) is 6.20 Å². The van der Waals surface area contributed by atoms with Gasteiger partial charge in [0, 0.05) is 18.8 Å². The molecule has 0 saturated carbocycles. The maximum atomic E-state index is 5.71. The van der Waals surface area contributed by atoms with E-state index >= 15 is 0 Å². The standard InChI is InChI=1S/C11H18BrN3/c1-2-3-5-9(8-13)15-11-10(12)6-4-7-14-11/h4,6-7,9H,2-3,5,8,13H2,1H3,(H,14,15). The van der Waals surface area contributed by atoms with Gasteiger partial charge in [-0.05, 0) is 34.5 Å². The fourth-order valence-corrected chi connectivity index (χ4v) is 1.75. The Kier molecular flexibility index (Phi) is 5.65. The van der Waals surface area contributed by atoms with Crippen molar-refractivity contribution in [3.8, 4) is 0 Å². The largest absolute Gasteiger partial charge is 0.365 e. The molecule has 0 amide bonds. The van der Waals surface area contributed by atoms with E-state index in [1.807, 2.05) is 12.1 Å². The van der Waals surface area contributed by atoms with E-state index < -0.39 is 0 Å². The summed E-state index contributed by atoms with van der Waals surface area (Å²) in [7, 11) is 0. The van der Waals surface area contributed by atoms with Crippen LogP contribution >= 0.6 is 15.9 Å². The van der Waals surface area contributed by atoms with Crippen LogP contribution in [0.25, 0.3) is 0 Å². The number of unbranched alkanes of at least 4 members (excludes halogenated alkanes) is 1. The second-order valence-corrected chi connectivity index (χ2v) is 4.41. The highest BCUT2D eigenvalue weighted by Crippen LogP contribution is 2.19. The van der Waals surface area contributed by atoms with Gasteiger partial charge in [-0.1, -0.05) is 19.8 Å². The summed E-state index contributed by atoms with van der Waals surface area (Å²) >= 11 is 3.46. The molecule has 3 N–H and O–H groups in total. The third-order valence-corrected chi connectivity index (χ3v) is 2.93. The normalized spacial score (nSPS) is 12.5. The van der Waals surface area contributed by atoms with Gasteiger partial charge in [0.25, 0.3) is 0 Å². The third-order valence-electron chi connectivity index (χ3n) is 2.29. The molecule has 0 aliphatic carbocycles. The number of anilines is 1. The predicted molar refractivity (Wildman–Crippen MR) is 67.9 cm³/mol. The Morgan fingerprint density at radius 3 is 3.00 bits per heavy atom. The first-order valence-corrected chi connectivity index (χ1v) is 6.14. The fraction of sp³-hybridized carbons (Fsp3) is 0.545. The Labute approximate surface area is 99.6 Å². The number of nitrogens with zero attached hydrogens (tertiary/aromatic N) is 1. The zero-order chi connectivity index (χ0) is 11.1. The Morgan fingerprint density at radius 1 is 1.60 bits per heavy atom. The fourth-order valence-electron chi connectivity index (χ4n) is 1.38. The minimum absolute atomic E-state index is 0.316. The summed E-state index contributed by atoms with van der Waals surface area (Å²) in [5.41, 5.74) is 5.71. The molecule has 0 saturated heterocycles. The molecule has 3 nitrogen and oxygen atoms in total. The average molecular weight is 272 g/mol. The minimum Gasteiger partial charge on any atom is -0.365 e. The van der Waals surface area contributed by atoms with Gasteiger partial charge in [0.1, 0.15) is 5.82 Å². The zero-order valence-electron chi connectivity index (χ0n) is 9.04. The van der Waals surface area contributed by atoms with Gasteiger partial charge >= 0.3 is 0 Å². The molecule has 1 unspecified atom stereocenters. The van der Waals surface area contributed by atoms with Gasteiger partial charge in [-0.25, -0.2) is 4.98 Å². The second kappa shape index (κ2) is 6.80. The highest BCUT2D eigenvalue weighted by molar-refractivity contribution is 9.10. The van der Waals surface area contributed by atoms with Crippen LogP contribution in [0.15, 0.2) is 22.8 Å². The highest BCUT2D eigenvalue weighted by Gasteiger charge is 2.08. The van der Waals surface area contributed by atoms with Gasteiger partial charge in [0.2, 0.25) is 0 Å². The lowest BCUT2D eigenvalue weighted by atomic mass is 10.1. The van der Waals surface area contributed by atoms with Crippen LogP contribution < -0.4 is 11.1 Å². The summed E-state index contributed by atoms with van der Waals surface area (Å²) in [4.78, 5) is 4.26. The summed E-state index contributed by atoms with van der Waals surface area (Å²) in [5, 5.41) is 3.35. The predicted octanol–water partition coefficient (Wildman–Crippen LogP) is 2.77. The minimum atomic E-state index is 0.316. The maximum absolute atomic E-state index is 5.71. The lowest BCUT2D eigenvalue weighted by Crippen LogP contribution is -2.29.